The summed E-state index contributed by atoms with van der Waals surface area (Å²) in [7, 11) is 3.77. The lowest BCUT2D eigenvalue weighted by atomic mass is 10.3. The summed E-state index contributed by atoms with van der Waals surface area (Å²) in [5.74, 6) is 0.774. The van der Waals surface area contributed by atoms with E-state index in [-0.39, 0.29) is 0 Å². The molecule has 0 aromatic carbocycles. The van der Waals surface area contributed by atoms with Crippen LogP contribution in [-0.4, -0.2) is 58.5 Å². The molecule has 0 spiro atoms. The Labute approximate surface area is 123 Å². The van der Waals surface area contributed by atoms with Crippen molar-refractivity contribution in [2.45, 2.75) is 6.54 Å². The molecule has 108 valence electrons. The molecule has 2 heterocycles. The average molecular weight is 293 g/mol. The Morgan fingerprint density at radius 1 is 1.40 bits per heavy atom. The maximum absolute atomic E-state index is 5.29. The van der Waals surface area contributed by atoms with Gasteiger partial charge in [0, 0.05) is 32.9 Å². The van der Waals surface area contributed by atoms with Gasteiger partial charge in [-0.05, 0) is 31.4 Å². The summed E-state index contributed by atoms with van der Waals surface area (Å²) in [6.07, 6.45) is 1.75. The van der Waals surface area contributed by atoms with E-state index in [2.05, 4.69) is 27.1 Å². The Balaban J connectivity index is 2.09. The summed E-state index contributed by atoms with van der Waals surface area (Å²) < 4.78 is 7.66. The minimum absolute atomic E-state index is 0.616. The first-order valence-corrected chi connectivity index (χ1v) is 6.87. The first-order valence-electron chi connectivity index (χ1n) is 6.46. The summed E-state index contributed by atoms with van der Waals surface area (Å²) in [4.78, 5) is 6.51. The summed E-state index contributed by atoms with van der Waals surface area (Å²) in [5, 5.41) is 7.10. The van der Waals surface area contributed by atoms with Crippen molar-refractivity contribution in [2.75, 3.05) is 33.9 Å². The maximum atomic E-state index is 5.29. The summed E-state index contributed by atoms with van der Waals surface area (Å²) in [6, 6.07) is 5.75. The van der Waals surface area contributed by atoms with Crippen LogP contribution in [-0.2, 0) is 11.3 Å². The minimum Gasteiger partial charge on any atom is -0.383 e. The van der Waals surface area contributed by atoms with E-state index in [1.165, 1.54) is 0 Å². The number of ether oxygens (including phenoxy) is 1. The molecule has 0 saturated heterocycles. The highest BCUT2D eigenvalue weighted by atomic mass is 32.1. The van der Waals surface area contributed by atoms with Crippen molar-refractivity contribution in [1.82, 2.24) is 24.6 Å². The number of nitrogens with one attached hydrogen (secondary N) is 1. The molecule has 0 aliphatic carbocycles. The van der Waals surface area contributed by atoms with E-state index in [0.717, 1.165) is 37.8 Å². The zero-order valence-electron chi connectivity index (χ0n) is 11.7. The van der Waals surface area contributed by atoms with Crippen LogP contribution in [0.1, 0.15) is 0 Å². The molecule has 2 rings (SSSR count). The van der Waals surface area contributed by atoms with Gasteiger partial charge in [-0.3, -0.25) is 14.6 Å². The summed E-state index contributed by atoms with van der Waals surface area (Å²) >= 11 is 5.29. The van der Waals surface area contributed by atoms with E-state index in [1.807, 2.05) is 22.8 Å². The predicted octanol–water partition coefficient (Wildman–Crippen LogP) is 1.58. The van der Waals surface area contributed by atoms with Crippen LogP contribution in [0.25, 0.3) is 11.5 Å². The fourth-order valence-electron chi connectivity index (χ4n) is 1.85. The van der Waals surface area contributed by atoms with E-state index < -0.39 is 0 Å². The molecular formula is C13H19N5OS. The largest absolute Gasteiger partial charge is 0.383 e. The molecule has 0 radical (unpaired) electrons. The van der Waals surface area contributed by atoms with Gasteiger partial charge in [-0.1, -0.05) is 6.07 Å². The van der Waals surface area contributed by atoms with Gasteiger partial charge in [0.25, 0.3) is 0 Å². The molecule has 0 unspecified atom stereocenters. The van der Waals surface area contributed by atoms with Crippen LogP contribution in [0.15, 0.2) is 24.4 Å². The number of hydrogen-bond donors (Lipinski definition) is 1. The molecule has 1 N–H and O–H groups in total. The minimum atomic E-state index is 0.616. The Bertz CT molecular complexity index is 580. The molecular weight excluding hydrogens is 274 g/mol. The van der Waals surface area contributed by atoms with Crippen molar-refractivity contribution < 1.29 is 4.74 Å². The van der Waals surface area contributed by atoms with Crippen LogP contribution >= 0.6 is 12.2 Å². The van der Waals surface area contributed by atoms with Crippen LogP contribution in [0.4, 0.5) is 0 Å². The van der Waals surface area contributed by atoms with Gasteiger partial charge >= 0.3 is 0 Å². The fourth-order valence-corrected chi connectivity index (χ4v) is 2.07. The molecule has 7 heteroatoms. The molecule has 0 saturated carbocycles. The third kappa shape index (κ3) is 3.72. The Morgan fingerprint density at radius 2 is 2.25 bits per heavy atom. The van der Waals surface area contributed by atoms with E-state index in [1.54, 1.807) is 13.3 Å². The predicted molar refractivity (Wildman–Crippen MR) is 80.0 cm³/mol. The monoisotopic (exact) mass is 293 g/mol. The third-order valence-electron chi connectivity index (χ3n) is 3.03. The molecule has 0 amide bonds. The number of pyridine rings is 1. The number of H-pyrrole nitrogens is 1. The topological polar surface area (TPSA) is 59.0 Å². The van der Waals surface area contributed by atoms with Crippen molar-refractivity contribution in [2.24, 2.45) is 0 Å². The molecule has 0 bridgehead atoms. The third-order valence-corrected chi connectivity index (χ3v) is 3.35. The number of hydrogen-bond acceptors (Lipinski definition) is 5. The quantitative estimate of drug-likeness (QED) is 0.786. The van der Waals surface area contributed by atoms with E-state index in [9.17, 15) is 0 Å². The average Bonchev–Trinajstić information content (AvgIpc) is 2.85. The standard InChI is InChI=1S/C13H19N5OS/c1-17(9-10-19-2)7-8-18-12(15-16-13(18)20)11-5-3-4-6-14-11/h3-6H,7-10H2,1-2H3,(H,16,20). The zero-order chi connectivity index (χ0) is 14.4. The first-order chi connectivity index (χ1) is 9.72. The maximum Gasteiger partial charge on any atom is 0.195 e. The van der Waals surface area contributed by atoms with Crippen LogP contribution in [0.5, 0.6) is 0 Å². The lowest BCUT2D eigenvalue weighted by molar-refractivity contribution is 0.159. The fraction of sp³-hybridized carbons (Fsp3) is 0.462. The second kappa shape index (κ2) is 7.28. The molecule has 6 nitrogen and oxygen atoms in total. The van der Waals surface area contributed by atoms with Crippen molar-refractivity contribution in [3.63, 3.8) is 0 Å². The number of nitrogens with zero attached hydrogens (tertiary/aromatic N) is 4. The number of rotatable bonds is 7. The van der Waals surface area contributed by atoms with E-state index in [0.29, 0.717) is 4.77 Å². The number of aromatic amines is 1. The zero-order valence-corrected chi connectivity index (χ0v) is 12.6. The highest BCUT2D eigenvalue weighted by Gasteiger charge is 2.10. The molecule has 0 fully saturated rings. The highest BCUT2D eigenvalue weighted by Crippen LogP contribution is 2.13. The molecule has 20 heavy (non-hydrogen) atoms. The molecule has 2 aromatic rings. The molecule has 0 aliphatic rings. The number of likely N-dealkylation sites (N-methyl/N-ethyl adjacent to an activating group) is 1. The highest BCUT2D eigenvalue weighted by molar-refractivity contribution is 7.71. The van der Waals surface area contributed by atoms with Gasteiger partial charge in [0.15, 0.2) is 10.6 Å². The number of aromatic nitrogens is 4. The summed E-state index contributed by atoms with van der Waals surface area (Å²) in [6.45, 7) is 3.25. The normalized spacial score (nSPS) is 11.2. The molecule has 0 atom stereocenters. The van der Waals surface area contributed by atoms with Crippen molar-refractivity contribution >= 4 is 12.2 Å². The number of methoxy groups -OCH3 is 1. The van der Waals surface area contributed by atoms with Gasteiger partial charge in [-0.2, -0.15) is 5.10 Å². The Hall–Kier alpha value is -1.57. The van der Waals surface area contributed by atoms with Gasteiger partial charge in [0.2, 0.25) is 0 Å². The second-order valence-electron chi connectivity index (χ2n) is 4.52. The first kappa shape index (κ1) is 14.8. The molecule has 0 aliphatic heterocycles. The van der Waals surface area contributed by atoms with Crippen LogP contribution in [0.2, 0.25) is 0 Å². The SMILES string of the molecule is COCCN(C)CCn1c(-c2ccccn2)n[nH]c1=S. The van der Waals surface area contributed by atoms with E-state index in [4.69, 9.17) is 17.0 Å². The van der Waals surface area contributed by atoms with E-state index >= 15 is 0 Å². The van der Waals surface area contributed by atoms with Crippen LogP contribution < -0.4 is 0 Å². The second-order valence-corrected chi connectivity index (χ2v) is 4.90. The van der Waals surface area contributed by atoms with Crippen LogP contribution in [0.3, 0.4) is 0 Å². The van der Waals surface area contributed by atoms with Crippen molar-refractivity contribution in [3.8, 4) is 11.5 Å². The van der Waals surface area contributed by atoms with Crippen molar-refractivity contribution in [1.29, 1.82) is 0 Å². The Morgan fingerprint density at radius 3 is 2.95 bits per heavy atom. The van der Waals surface area contributed by atoms with Gasteiger partial charge in [-0.15, -0.1) is 0 Å². The van der Waals surface area contributed by atoms with Gasteiger partial charge in [0.1, 0.15) is 5.69 Å². The Kier molecular flexibility index (Phi) is 5.40. The van der Waals surface area contributed by atoms with Gasteiger partial charge in [-0.25, -0.2) is 0 Å². The lowest BCUT2D eigenvalue weighted by Crippen LogP contribution is -2.27. The smallest absolute Gasteiger partial charge is 0.195 e. The summed E-state index contributed by atoms with van der Waals surface area (Å²) in [5.41, 5.74) is 0.819. The van der Waals surface area contributed by atoms with Crippen molar-refractivity contribution in [3.05, 3.63) is 29.2 Å². The lowest BCUT2D eigenvalue weighted by Gasteiger charge is -2.16. The van der Waals surface area contributed by atoms with Crippen LogP contribution in [0, 0.1) is 4.77 Å². The van der Waals surface area contributed by atoms with Gasteiger partial charge in [0.05, 0.1) is 6.61 Å². The van der Waals surface area contributed by atoms with Gasteiger partial charge < -0.3 is 9.64 Å². The molecule has 2 aromatic heterocycles.